The second-order valence-electron chi connectivity index (χ2n) is 6.72. The Morgan fingerprint density at radius 1 is 1.10 bits per heavy atom. The van der Waals surface area contributed by atoms with E-state index >= 15 is 0 Å². The van der Waals surface area contributed by atoms with Crippen LogP contribution in [0.25, 0.3) is 0 Å². The smallest absolute Gasteiger partial charge is 0.255 e. The van der Waals surface area contributed by atoms with Crippen LogP contribution in [0.4, 0.5) is 5.69 Å². The van der Waals surface area contributed by atoms with E-state index in [4.69, 9.17) is 4.74 Å². The molecule has 0 radical (unpaired) electrons. The lowest BCUT2D eigenvalue weighted by molar-refractivity contribution is -0.131. The van der Waals surface area contributed by atoms with Gasteiger partial charge >= 0.3 is 0 Å². The highest BCUT2D eigenvalue weighted by Gasteiger charge is 2.12. The molecule has 1 heterocycles. The maximum atomic E-state index is 12.4. The van der Waals surface area contributed by atoms with Gasteiger partial charge in [0.25, 0.3) is 5.91 Å². The fourth-order valence-corrected chi connectivity index (χ4v) is 2.63. The highest BCUT2D eigenvalue weighted by molar-refractivity contribution is 6.04. The molecule has 2 aromatic carbocycles. The minimum Gasteiger partial charge on any atom is -0.492 e. The summed E-state index contributed by atoms with van der Waals surface area (Å²) in [5, 5.41) is 6.91. The Morgan fingerprint density at radius 2 is 1.83 bits per heavy atom. The monoisotopic (exact) mass is 392 g/mol. The van der Waals surface area contributed by atoms with Crippen LogP contribution in [-0.2, 0) is 11.3 Å². The topological polar surface area (TPSA) is 76.5 Å². The molecule has 0 fully saturated rings. The van der Waals surface area contributed by atoms with Gasteiger partial charge in [0.15, 0.2) is 0 Å². The number of nitrogens with one attached hydrogen (secondary N) is 1. The van der Waals surface area contributed by atoms with E-state index in [1.165, 1.54) is 16.4 Å². The lowest BCUT2D eigenvalue weighted by atomic mass is 10.2. The van der Waals surface area contributed by atoms with E-state index in [9.17, 15) is 9.59 Å². The number of aromatic nitrogens is 2. The van der Waals surface area contributed by atoms with Gasteiger partial charge in [0.1, 0.15) is 18.9 Å². The summed E-state index contributed by atoms with van der Waals surface area (Å²) in [6.45, 7) is 2.97. The first kappa shape index (κ1) is 20.1. The Balaban J connectivity index is 1.45. The van der Waals surface area contributed by atoms with E-state index in [0.717, 1.165) is 5.75 Å². The summed E-state index contributed by atoms with van der Waals surface area (Å²) in [5.74, 6) is 0.464. The minimum absolute atomic E-state index is 0.0856. The third-order valence-electron chi connectivity index (χ3n) is 4.37. The van der Waals surface area contributed by atoms with Crippen LogP contribution < -0.4 is 10.1 Å². The van der Waals surface area contributed by atoms with Crippen molar-refractivity contribution in [3.05, 3.63) is 78.1 Å². The number of rotatable bonds is 8. The summed E-state index contributed by atoms with van der Waals surface area (Å²) in [7, 11) is 1.72. The van der Waals surface area contributed by atoms with Crippen molar-refractivity contribution >= 4 is 17.5 Å². The summed E-state index contributed by atoms with van der Waals surface area (Å²) < 4.78 is 7.16. The third kappa shape index (κ3) is 5.93. The Morgan fingerprint density at radius 3 is 2.55 bits per heavy atom. The van der Waals surface area contributed by atoms with Crippen LogP contribution in [0, 0.1) is 6.92 Å². The molecular formula is C22H24N4O3. The van der Waals surface area contributed by atoms with Gasteiger partial charge in [-0.2, -0.15) is 5.10 Å². The molecule has 1 aromatic heterocycles. The third-order valence-corrected chi connectivity index (χ3v) is 4.37. The van der Waals surface area contributed by atoms with Gasteiger partial charge < -0.3 is 15.0 Å². The molecule has 150 valence electrons. The second kappa shape index (κ2) is 9.54. The van der Waals surface area contributed by atoms with Crippen LogP contribution in [0.5, 0.6) is 5.75 Å². The van der Waals surface area contributed by atoms with Gasteiger partial charge in [-0.05, 0) is 31.2 Å². The lowest BCUT2D eigenvalue weighted by Crippen LogP contribution is -2.33. The number of hydrogen-bond acceptors (Lipinski definition) is 4. The quantitative estimate of drug-likeness (QED) is 0.639. The molecule has 3 rings (SSSR count). The van der Waals surface area contributed by atoms with E-state index in [-0.39, 0.29) is 18.4 Å². The molecule has 0 aliphatic carbocycles. The van der Waals surface area contributed by atoms with Crippen molar-refractivity contribution in [2.75, 3.05) is 25.5 Å². The van der Waals surface area contributed by atoms with Crippen LogP contribution >= 0.6 is 0 Å². The van der Waals surface area contributed by atoms with E-state index in [2.05, 4.69) is 10.4 Å². The molecule has 0 saturated heterocycles. The number of amides is 2. The van der Waals surface area contributed by atoms with Gasteiger partial charge in [-0.1, -0.05) is 35.9 Å². The molecule has 0 bridgehead atoms. The van der Waals surface area contributed by atoms with Crippen LogP contribution in [-0.4, -0.2) is 46.7 Å². The van der Waals surface area contributed by atoms with Crippen molar-refractivity contribution in [1.29, 1.82) is 0 Å². The molecule has 7 nitrogen and oxygen atoms in total. The normalized spacial score (nSPS) is 10.4. The van der Waals surface area contributed by atoms with Crippen molar-refractivity contribution in [3.63, 3.8) is 0 Å². The number of carbonyl (C=O) groups is 2. The summed E-state index contributed by atoms with van der Waals surface area (Å²) in [6, 6.07) is 16.7. The number of ether oxygens (including phenoxy) is 1. The molecule has 0 spiro atoms. The summed E-state index contributed by atoms with van der Waals surface area (Å²) >= 11 is 0. The highest BCUT2D eigenvalue weighted by Crippen LogP contribution is 2.11. The molecule has 29 heavy (non-hydrogen) atoms. The van der Waals surface area contributed by atoms with Crippen molar-refractivity contribution in [2.24, 2.45) is 0 Å². The molecule has 0 unspecified atom stereocenters. The predicted octanol–water partition coefficient (Wildman–Crippen LogP) is 2.98. The number of hydrogen-bond donors (Lipinski definition) is 1. The van der Waals surface area contributed by atoms with Crippen molar-refractivity contribution in [1.82, 2.24) is 14.7 Å². The number of benzene rings is 2. The molecule has 3 aromatic rings. The van der Waals surface area contributed by atoms with E-state index in [1.54, 1.807) is 42.4 Å². The van der Waals surface area contributed by atoms with Gasteiger partial charge in [0.05, 0.1) is 18.4 Å². The molecule has 7 heteroatoms. The number of carbonyl (C=O) groups excluding carboxylic acids is 2. The van der Waals surface area contributed by atoms with Gasteiger partial charge in [0, 0.05) is 18.8 Å². The van der Waals surface area contributed by atoms with Gasteiger partial charge in [-0.3, -0.25) is 14.3 Å². The Bertz CT molecular complexity index is 952. The Hall–Kier alpha value is -3.61. The number of nitrogens with zero attached hydrogens (tertiary/aromatic N) is 3. The van der Waals surface area contributed by atoms with Crippen LogP contribution in [0.2, 0.25) is 0 Å². The number of anilines is 1. The lowest BCUT2D eigenvalue weighted by Gasteiger charge is -2.17. The largest absolute Gasteiger partial charge is 0.492 e. The van der Waals surface area contributed by atoms with Gasteiger partial charge in [-0.25, -0.2) is 0 Å². The Labute approximate surface area is 169 Å². The average Bonchev–Trinajstić information content (AvgIpc) is 3.16. The maximum absolute atomic E-state index is 12.4. The predicted molar refractivity (Wildman–Crippen MR) is 111 cm³/mol. The number of aryl methyl sites for hydroxylation is 1. The van der Waals surface area contributed by atoms with Crippen LogP contribution in [0.1, 0.15) is 15.9 Å². The molecule has 0 aliphatic rings. The maximum Gasteiger partial charge on any atom is 0.255 e. The first-order chi connectivity index (χ1) is 14.0. The summed E-state index contributed by atoms with van der Waals surface area (Å²) in [6.07, 6.45) is 3.16. The molecule has 0 saturated carbocycles. The standard InChI is InChI=1S/C22H24N4O3/c1-17-8-10-20(11-9-17)29-13-12-25(2)21(27)16-26-15-19(14-23-26)24-22(28)18-6-4-3-5-7-18/h3-11,14-15H,12-13,16H2,1-2H3,(H,24,28). The van der Waals surface area contributed by atoms with E-state index in [0.29, 0.717) is 24.4 Å². The highest BCUT2D eigenvalue weighted by atomic mass is 16.5. The fourth-order valence-electron chi connectivity index (χ4n) is 2.63. The zero-order valence-electron chi connectivity index (χ0n) is 16.5. The van der Waals surface area contributed by atoms with Crippen molar-refractivity contribution in [3.8, 4) is 5.75 Å². The first-order valence-corrected chi connectivity index (χ1v) is 9.33. The zero-order chi connectivity index (χ0) is 20.6. The first-order valence-electron chi connectivity index (χ1n) is 9.33. The van der Waals surface area contributed by atoms with Crippen molar-refractivity contribution in [2.45, 2.75) is 13.5 Å². The van der Waals surface area contributed by atoms with E-state index in [1.807, 2.05) is 37.3 Å². The van der Waals surface area contributed by atoms with Gasteiger partial charge in [-0.15, -0.1) is 0 Å². The van der Waals surface area contributed by atoms with Gasteiger partial charge in [0.2, 0.25) is 5.91 Å². The minimum atomic E-state index is -0.221. The Kier molecular flexibility index (Phi) is 6.63. The van der Waals surface area contributed by atoms with Crippen molar-refractivity contribution < 1.29 is 14.3 Å². The molecule has 0 aliphatic heterocycles. The van der Waals surface area contributed by atoms with E-state index < -0.39 is 0 Å². The fraction of sp³-hybridized carbons (Fsp3) is 0.227. The number of likely N-dealkylation sites (N-methyl/N-ethyl adjacent to an activating group) is 1. The van der Waals surface area contributed by atoms with Crippen LogP contribution in [0.3, 0.4) is 0 Å². The SMILES string of the molecule is Cc1ccc(OCCN(C)C(=O)Cn2cc(NC(=O)c3ccccc3)cn2)cc1. The molecule has 0 atom stereocenters. The second-order valence-corrected chi connectivity index (χ2v) is 6.72. The average molecular weight is 392 g/mol. The molecule has 2 amide bonds. The summed E-state index contributed by atoms with van der Waals surface area (Å²) in [4.78, 5) is 26.1. The molecular weight excluding hydrogens is 368 g/mol. The van der Waals surface area contributed by atoms with Crippen LogP contribution in [0.15, 0.2) is 67.0 Å². The molecule has 1 N–H and O–H groups in total. The zero-order valence-corrected chi connectivity index (χ0v) is 16.5. The summed E-state index contributed by atoms with van der Waals surface area (Å²) in [5.41, 5.74) is 2.27.